The van der Waals surface area contributed by atoms with Crippen LogP contribution in [0.4, 0.5) is 5.69 Å². The molecular weight excluding hydrogens is 226 g/mol. The van der Waals surface area contributed by atoms with E-state index in [1.165, 1.54) is 19.2 Å². The summed E-state index contributed by atoms with van der Waals surface area (Å²) in [5, 5.41) is 14.3. The number of benzene rings is 1. The Morgan fingerprint density at radius 2 is 2.06 bits per heavy atom. The van der Waals surface area contributed by atoms with Gasteiger partial charge in [-0.3, -0.25) is 10.1 Å². The van der Waals surface area contributed by atoms with E-state index in [0.29, 0.717) is 6.42 Å². The molecule has 0 aliphatic carbocycles. The number of aryl methyl sites for hydroxylation is 1. The molecule has 0 atom stereocenters. The fourth-order valence-electron chi connectivity index (χ4n) is 1.38. The average Bonchev–Trinajstić information content (AvgIpc) is 2.58. The van der Waals surface area contributed by atoms with E-state index in [2.05, 4.69) is 5.10 Å². The van der Waals surface area contributed by atoms with Crippen molar-refractivity contribution >= 4 is 5.69 Å². The van der Waals surface area contributed by atoms with Gasteiger partial charge < -0.3 is 4.42 Å². The first-order chi connectivity index (χ1) is 8.06. The van der Waals surface area contributed by atoms with E-state index in [-0.39, 0.29) is 11.6 Å². The molecule has 0 aliphatic rings. The average molecular weight is 235 g/mol. The highest BCUT2D eigenvalue weighted by Gasteiger charge is 2.08. The van der Waals surface area contributed by atoms with Gasteiger partial charge in [0.15, 0.2) is 0 Å². The van der Waals surface area contributed by atoms with Crippen molar-refractivity contribution in [1.29, 1.82) is 0 Å². The van der Waals surface area contributed by atoms with Crippen molar-refractivity contribution < 1.29 is 9.34 Å². The molecule has 0 saturated carbocycles. The Balaban J connectivity index is 2.19. The summed E-state index contributed by atoms with van der Waals surface area (Å²) in [5.41, 5.74) is 0.814. The minimum atomic E-state index is -0.526. The molecule has 2 aromatic rings. The summed E-state index contributed by atoms with van der Waals surface area (Å²) < 4.78 is 5.96. The molecule has 0 N–H and O–H groups in total. The van der Waals surface area contributed by atoms with Crippen LogP contribution in [-0.2, 0) is 13.5 Å². The van der Waals surface area contributed by atoms with E-state index in [9.17, 15) is 14.9 Å². The molecule has 1 heterocycles. The van der Waals surface area contributed by atoms with Gasteiger partial charge in [0, 0.05) is 19.2 Å². The molecule has 0 unspecified atom stereocenters. The first kappa shape index (κ1) is 11.1. The molecule has 0 spiro atoms. The van der Waals surface area contributed by atoms with Gasteiger partial charge in [0.2, 0.25) is 5.89 Å². The predicted octanol–water partition coefficient (Wildman–Crippen LogP) is 0.872. The van der Waals surface area contributed by atoms with Gasteiger partial charge in [-0.1, -0.05) is 12.1 Å². The van der Waals surface area contributed by atoms with Crippen LogP contribution in [-0.4, -0.2) is 14.7 Å². The quantitative estimate of drug-likeness (QED) is 0.581. The largest absolute Gasteiger partial charge is 0.436 e. The zero-order valence-electron chi connectivity index (χ0n) is 8.99. The topological polar surface area (TPSA) is 91.2 Å². The Labute approximate surface area is 95.4 Å². The lowest BCUT2D eigenvalue weighted by atomic mass is 10.1. The van der Waals surface area contributed by atoms with E-state index in [4.69, 9.17) is 4.42 Å². The van der Waals surface area contributed by atoms with Crippen LogP contribution in [0.25, 0.3) is 0 Å². The number of nitrogens with zero attached hydrogens (tertiary/aromatic N) is 3. The maximum absolute atomic E-state index is 11.0. The second kappa shape index (κ2) is 4.20. The van der Waals surface area contributed by atoms with Crippen LogP contribution in [0, 0.1) is 10.1 Å². The second-order valence-electron chi connectivity index (χ2n) is 3.49. The van der Waals surface area contributed by atoms with Crippen molar-refractivity contribution in [2.75, 3.05) is 0 Å². The lowest BCUT2D eigenvalue weighted by molar-refractivity contribution is -0.384. The maximum atomic E-state index is 11.0. The lowest BCUT2D eigenvalue weighted by Crippen LogP contribution is -2.09. The Bertz CT molecular complexity index is 597. The minimum Gasteiger partial charge on any atom is -0.392 e. The number of nitro groups is 1. The third-order valence-corrected chi connectivity index (χ3v) is 2.23. The zero-order chi connectivity index (χ0) is 12.4. The van der Waals surface area contributed by atoms with Crippen LogP contribution in [0.15, 0.2) is 33.5 Å². The van der Waals surface area contributed by atoms with Crippen molar-refractivity contribution in [2.45, 2.75) is 6.42 Å². The molecule has 88 valence electrons. The normalized spacial score (nSPS) is 10.4. The van der Waals surface area contributed by atoms with E-state index < -0.39 is 10.7 Å². The molecule has 1 aromatic heterocycles. The number of nitro benzene ring substituents is 1. The molecular formula is C10H9N3O4. The van der Waals surface area contributed by atoms with E-state index in [1.54, 1.807) is 12.1 Å². The molecule has 7 nitrogen and oxygen atoms in total. The maximum Gasteiger partial charge on any atom is 0.436 e. The SMILES string of the molecule is Cn1nc(Cc2ccc([N+](=O)[O-])cc2)oc1=O. The summed E-state index contributed by atoms with van der Waals surface area (Å²) >= 11 is 0. The minimum absolute atomic E-state index is 0.0243. The smallest absolute Gasteiger partial charge is 0.392 e. The number of non-ortho nitro benzene ring substituents is 1. The standard InChI is InChI=1S/C10H9N3O4/c1-12-10(14)17-9(11-12)6-7-2-4-8(5-3-7)13(15)16/h2-5H,6H2,1H3. The molecule has 7 heteroatoms. The van der Waals surface area contributed by atoms with E-state index in [0.717, 1.165) is 10.2 Å². The molecule has 0 bridgehead atoms. The summed E-state index contributed by atoms with van der Waals surface area (Å²) in [5.74, 6) is -0.242. The first-order valence-electron chi connectivity index (χ1n) is 4.82. The molecule has 0 amide bonds. The van der Waals surface area contributed by atoms with Crippen molar-refractivity contribution in [1.82, 2.24) is 9.78 Å². The summed E-state index contributed by atoms with van der Waals surface area (Å²) in [6, 6.07) is 6.01. The van der Waals surface area contributed by atoms with Gasteiger partial charge in [-0.05, 0) is 5.56 Å². The second-order valence-corrected chi connectivity index (χ2v) is 3.49. The van der Waals surface area contributed by atoms with Gasteiger partial charge in [0.1, 0.15) is 0 Å². The highest BCUT2D eigenvalue weighted by atomic mass is 16.6. The zero-order valence-corrected chi connectivity index (χ0v) is 8.99. The van der Waals surface area contributed by atoms with Crippen LogP contribution < -0.4 is 5.76 Å². The fourth-order valence-corrected chi connectivity index (χ4v) is 1.38. The number of rotatable bonds is 3. The molecule has 0 saturated heterocycles. The van der Waals surface area contributed by atoms with Crippen LogP contribution in [0.1, 0.15) is 11.5 Å². The third kappa shape index (κ3) is 2.39. The fraction of sp³-hybridized carbons (Fsp3) is 0.200. The highest BCUT2D eigenvalue weighted by Crippen LogP contribution is 2.13. The molecule has 17 heavy (non-hydrogen) atoms. The van der Waals surface area contributed by atoms with Gasteiger partial charge in [0.05, 0.1) is 11.3 Å². The van der Waals surface area contributed by atoms with Crippen LogP contribution in [0.3, 0.4) is 0 Å². The van der Waals surface area contributed by atoms with Gasteiger partial charge in [-0.15, -0.1) is 5.10 Å². The Morgan fingerprint density at radius 3 is 2.53 bits per heavy atom. The monoisotopic (exact) mass is 235 g/mol. The Hall–Kier alpha value is -2.44. The van der Waals surface area contributed by atoms with Gasteiger partial charge in [-0.2, -0.15) is 4.68 Å². The van der Waals surface area contributed by atoms with E-state index >= 15 is 0 Å². The number of aromatic nitrogens is 2. The molecule has 2 rings (SSSR count). The summed E-state index contributed by atoms with van der Waals surface area (Å²) in [6.07, 6.45) is 0.327. The Morgan fingerprint density at radius 1 is 1.41 bits per heavy atom. The molecule has 1 aromatic carbocycles. The summed E-state index contributed by atoms with van der Waals surface area (Å²) in [6.45, 7) is 0. The predicted molar refractivity (Wildman–Crippen MR) is 57.6 cm³/mol. The van der Waals surface area contributed by atoms with Crippen molar-refractivity contribution in [3.63, 3.8) is 0 Å². The first-order valence-corrected chi connectivity index (χ1v) is 4.82. The lowest BCUT2D eigenvalue weighted by Gasteiger charge is -1.96. The van der Waals surface area contributed by atoms with Gasteiger partial charge >= 0.3 is 5.76 Å². The molecule has 0 aliphatic heterocycles. The summed E-state index contributed by atoms with van der Waals surface area (Å²) in [4.78, 5) is 21.0. The number of hydrogen-bond donors (Lipinski definition) is 0. The highest BCUT2D eigenvalue weighted by molar-refractivity contribution is 5.33. The van der Waals surface area contributed by atoms with Crippen molar-refractivity contribution in [3.8, 4) is 0 Å². The Kier molecular flexibility index (Phi) is 2.73. The molecule has 0 fully saturated rings. The van der Waals surface area contributed by atoms with Crippen molar-refractivity contribution in [2.24, 2.45) is 7.05 Å². The summed E-state index contributed by atoms with van der Waals surface area (Å²) in [7, 11) is 1.49. The van der Waals surface area contributed by atoms with Crippen LogP contribution in [0.5, 0.6) is 0 Å². The van der Waals surface area contributed by atoms with Gasteiger partial charge in [-0.25, -0.2) is 4.79 Å². The van der Waals surface area contributed by atoms with Crippen LogP contribution >= 0.6 is 0 Å². The van der Waals surface area contributed by atoms with Crippen LogP contribution in [0.2, 0.25) is 0 Å². The third-order valence-electron chi connectivity index (χ3n) is 2.23. The van der Waals surface area contributed by atoms with Crippen molar-refractivity contribution in [3.05, 3.63) is 56.4 Å². The molecule has 0 radical (unpaired) electrons. The number of hydrogen-bond acceptors (Lipinski definition) is 5. The van der Waals surface area contributed by atoms with E-state index in [1.807, 2.05) is 0 Å². The van der Waals surface area contributed by atoms with Gasteiger partial charge in [0.25, 0.3) is 5.69 Å².